The zero-order valence-electron chi connectivity index (χ0n) is 9.32. The first-order valence-electron chi connectivity index (χ1n) is 5.29. The van der Waals surface area contributed by atoms with Crippen molar-refractivity contribution in [1.29, 1.82) is 0 Å². The van der Waals surface area contributed by atoms with Gasteiger partial charge in [0.2, 0.25) is 0 Å². The lowest BCUT2D eigenvalue weighted by atomic mass is 10.2. The largest absolute Gasteiger partial charge is 0.377 e. The molecule has 88 valence electrons. The summed E-state index contributed by atoms with van der Waals surface area (Å²) < 4.78 is 13.8. The van der Waals surface area contributed by atoms with Gasteiger partial charge >= 0.3 is 0 Å². The summed E-state index contributed by atoms with van der Waals surface area (Å²) in [5, 5.41) is 3.30. The Kier molecular flexibility index (Phi) is 3.74. The molecule has 1 aromatic carbocycles. The summed E-state index contributed by atoms with van der Waals surface area (Å²) in [5.74, 6) is -0.316. The van der Waals surface area contributed by atoms with Gasteiger partial charge in [0, 0.05) is 10.2 Å². The van der Waals surface area contributed by atoms with Crippen LogP contribution in [0.3, 0.4) is 0 Å². The average Bonchev–Trinajstić information content (AvgIpc) is 2.29. The first-order chi connectivity index (χ1) is 8.15. The molecular formula is C13H12BrFN2. The Hall–Kier alpha value is -1.42. The highest BCUT2D eigenvalue weighted by molar-refractivity contribution is 9.10. The van der Waals surface area contributed by atoms with Gasteiger partial charge in [-0.1, -0.05) is 22.0 Å². The molecule has 17 heavy (non-hydrogen) atoms. The summed E-state index contributed by atoms with van der Waals surface area (Å²) >= 11 is 3.41. The van der Waals surface area contributed by atoms with Crippen molar-refractivity contribution in [2.24, 2.45) is 0 Å². The van der Waals surface area contributed by atoms with E-state index < -0.39 is 0 Å². The number of hydrogen-bond donors (Lipinski definition) is 1. The molecule has 0 aliphatic rings. The molecule has 0 radical (unpaired) electrons. The van der Waals surface area contributed by atoms with Gasteiger partial charge in [0.15, 0.2) is 0 Å². The van der Waals surface area contributed by atoms with E-state index in [-0.39, 0.29) is 11.9 Å². The Bertz CT molecular complexity index is 499. The summed E-state index contributed by atoms with van der Waals surface area (Å²) in [7, 11) is 0. The molecule has 0 aliphatic carbocycles. The molecule has 1 heterocycles. The quantitative estimate of drug-likeness (QED) is 0.919. The lowest BCUT2D eigenvalue weighted by Crippen LogP contribution is -2.08. The predicted molar refractivity (Wildman–Crippen MR) is 70.4 cm³/mol. The zero-order valence-corrected chi connectivity index (χ0v) is 10.9. The van der Waals surface area contributed by atoms with E-state index in [9.17, 15) is 4.39 Å². The fourth-order valence-corrected chi connectivity index (χ4v) is 1.94. The molecule has 0 saturated heterocycles. The van der Waals surface area contributed by atoms with Gasteiger partial charge in [-0.2, -0.15) is 0 Å². The Balaban J connectivity index is 2.11. The van der Waals surface area contributed by atoms with Crippen LogP contribution in [0.5, 0.6) is 0 Å². The van der Waals surface area contributed by atoms with Gasteiger partial charge in [0.1, 0.15) is 5.82 Å². The third kappa shape index (κ3) is 3.27. The van der Waals surface area contributed by atoms with Crippen molar-refractivity contribution in [3.05, 3.63) is 58.6 Å². The molecule has 0 saturated carbocycles. The molecule has 4 heteroatoms. The van der Waals surface area contributed by atoms with Gasteiger partial charge in [0.25, 0.3) is 0 Å². The third-order valence-electron chi connectivity index (χ3n) is 2.40. The van der Waals surface area contributed by atoms with Crippen molar-refractivity contribution in [2.75, 3.05) is 5.32 Å². The van der Waals surface area contributed by atoms with Crippen LogP contribution in [-0.4, -0.2) is 4.98 Å². The minimum absolute atomic E-state index is 0.0323. The Labute approximate surface area is 108 Å². The van der Waals surface area contributed by atoms with E-state index >= 15 is 0 Å². The van der Waals surface area contributed by atoms with Gasteiger partial charge in [-0.15, -0.1) is 0 Å². The summed E-state index contributed by atoms with van der Waals surface area (Å²) in [6.07, 6.45) is 1.23. The second-order valence-electron chi connectivity index (χ2n) is 3.78. The maximum absolute atomic E-state index is 12.7. The second kappa shape index (κ2) is 5.27. The lowest BCUT2D eigenvalue weighted by molar-refractivity contribution is 0.617. The number of pyridine rings is 1. The van der Waals surface area contributed by atoms with Crippen LogP contribution in [0.2, 0.25) is 0 Å². The molecular weight excluding hydrogens is 283 g/mol. The number of nitrogens with zero attached hydrogens (tertiary/aromatic N) is 1. The molecule has 0 fully saturated rings. The molecule has 0 bridgehead atoms. The summed E-state index contributed by atoms with van der Waals surface area (Å²) in [6.45, 7) is 1.99. The van der Waals surface area contributed by atoms with Crippen molar-refractivity contribution in [3.8, 4) is 0 Å². The minimum atomic E-state index is -0.316. The predicted octanol–water partition coefficient (Wildman–Crippen LogP) is 4.16. The van der Waals surface area contributed by atoms with Crippen molar-refractivity contribution < 1.29 is 4.39 Å². The number of halogens is 2. The fraction of sp³-hybridized carbons (Fsp3) is 0.154. The van der Waals surface area contributed by atoms with E-state index in [0.717, 1.165) is 15.9 Å². The first kappa shape index (κ1) is 12.0. The number of aromatic nitrogens is 1. The highest BCUT2D eigenvalue weighted by Crippen LogP contribution is 2.20. The average molecular weight is 295 g/mol. The van der Waals surface area contributed by atoms with Crippen molar-refractivity contribution >= 4 is 21.6 Å². The van der Waals surface area contributed by atoms with Gasteiger partial charge in [-0.3, -0.25) is 4.98 Å². The van der Waals surface area contributed by atoms with Crippen LogP contribution in [-0.2, 0) is 0 Å². The van der Waals surface area contributed by atoms with Crippen LogP contribution in [0.4, 0.5) is 10.1 Å². The van der Waals surface area contributed by atoms with E-state index in [4.69, 9.17) is 0 Å². The van der Waals surface area contributed by atoms with Gasteiger partial charge in [-0.25, -0.2) is 4.39 Å². The molecule has 2 rings (SSSR count). The van der Waals surface area contributed by atoms with Gasteiger partial charge in [0.05, 0.1) is 17.9 Å². The van der Waals surface area contributed by atoms with E-state index in [2.05, 4.69) is 26.2 Å². The van der Waals surface area contributed by atoms with Crippen LogP contribution >= 0.6 is 15.9 Å². The maximum atomic E-state index is 12.7. The summed E-state index contributed by atoms with van der Waals surface area (Å²) in [4.78, 5) is 4.05. The standard InChI is InChI=1S/C13H12BrFN2/c1-9(13-6-5-11(15)8-16-13)17-12-4-2-3-10(14)7-12/h2-9,17H,1H3. The highest BCUT2D eigenvalue weighted by atomic mass is 79.9. The van der Waals surface area contributed by atoms with E-state index in [1.807, 2.05) is 31.2 Å². The smallest absolute Gasteiger partial charge is 0.141 e. The highest BCUT2D eigenvalue weighted by Gasteiger charge is 2.06. The molecule has 1 aromatic heterocycles. The molecule has 0 amide bonds. The molecule has 2 aromatic rings. The Morgan fingerprint density at radius 1 is 1.29 bits per heavy atom. The Morgan fingerprint density at radius 3 is 2.76 bits per heavy atom. The fourth-order valence-electron chi connectivity index (χ4n) is 1.55. The van der Waals surface area contributed by atoms with Crippen LogP contribution in [0.25, 0.3) is 0 Å². The van der Waals surface area contributed by atoms with Crippen molar-refractivity contribution in [2.45, 2.75) is 13.0 Å². The molecule has 2 nitrogen and oxygen atoms in total. The molecule has 0 aliphatic heterocycles. The number of hydrogen-bond acceptors (Lipinski definition) is 2. The second-order valence-corrected chi connectivity index (χ2v) is 4.69. The molecule has 1 atom stereocenters. The SMILES string of the molecule is CC(Nc1cccc(Br)c1)c1ccc(F)cn1. The van der Waals surface area contributed by atoms with Crippen molar-refractivity contribution in [3.63, 3.8) is 0 Å². The topological polar surface area (TPSA) is 24.9 Å². The summed E-state index contributed by atoms with van der Waals surface area (Å²) in [5.41, 5.74) is 1.81. The molecule has 1 N–H and O–H groups in total. The zero-order chi connectivity index (χ0) is 12.3. The normalized spacial score (nSPS) is 12.2. The molecule has 0 spiro atoms. The number of benzene rings is 1. The number of anilines is 1. The summed E-state index contributed by atoms with van der Waals surface area (Å²) in [6, 6.07) is 11.0. The minimum Gasteiger partial charge on any atom is -0.377 e. The monoisotopic (exact) mass is 294 g/mol. The van der Waals surface area contributed by atoms with Crippen LogP contribution in [0, 0.1) is 5.82 Å². The van der Waals surface area contributed by atoms with E-state index in [0.29, 0.717) is 0 Å². The molecule has 1 unspecified atom stereocenters. The van der Waals surface area contributed by atoms with Crippen LogP contribution < -0.4 is 5.32 Å². The van der Waals surface area contributed by atoms with Gasteiger partial charge in [-0.05, 0) is 37.3 Å². The lowest BCUT2D eigenvalue weighted by Gasteiger charge is -2.14. The number of nitrogens with one attached hydrogen (secondary N) is 1. The maximum Gasteiger partial charge on any atom is 0.141 e. The van der Waals surface area contributed by atoms with Crippen LogP contribution in [0.15, 0.2) is 47.1 Å². The van der Waals surface area contributed by atoms with Gasteiger partial charge < -0.3 is 5.32 Å². The van der Waals surface area contributed by atoms with E-state index in [1.54, 1.807) is 6.07 Å². The number of rotatable bonds is 3. The first-order valence-corrected chi connectivity index (χ1v) is 6.08. The van der Waals surface area contributed by atoms with Crippen LogP contribution in [0.1, 0.15) is 18.7 Å². The van der Waals surface area contributed by atoms with Crippen molar-refractivity contribution in [1.82, 2.24) is 4.98 Å². The third-order valence-corrected chi connectivity index (χ3v) is 2.89. The van der Waals surface area contributed by atoms with E-state index in [1.165, 1.54) is 12.3 Å². The Morgan fingerprint density at radius 2 is 2.12 bits per heavy atom.